The Balaban J connectivity index is 2.33. The molecule has 1 amide bonds. The smallest absolute Gasteiger partial charge is 0.222 e. The summed E-state index contributed by atoms with van der Waals surface area (Å²) in [5.74, 6) is 0.931. The fraction of sp³-hybridized carbons (Fsp3) is 0.500. The summed E-state index contributed by atoms with van der Waals surface area (Å²) >= 11 is 5.97. The number of nitrogens with zero attached hydrogens (tertiary/aromatic N) is 1. The Hall–Kier alpha value is -1.26. The van der Waals surface area contributed by atoms with Crippen LogP contribution < -0.4 is 10.5 Å². The summed E-state index contributed by atoms with van der Waals surface area (Å²) in [6, 6.07) is 7.29. The van der Waals surface area contributed by atoms with Gasteiger partial charge in [-0.25, -0.2) is 0 Å². The fourth-order valence-electron chi connectivity index (χ4n) is 1.52. The standard InChI is InChI=1S/C14H21ClN2O2/c1-11(10-16)9-14(18)17(2)7-8-19-13-6-4-3-5-12(13)15/h3-6,11H,7-10,16H2,1-2H3. The van der Waals surface area contributed by atoms with Gasteiger partial charge >= 0.3 is 0 Å². The average Bonchev–Trinajstić information content (AvgIpc) is 2.40. The summed E-state index contributed by atoms with van der Waals surface area (Å²) < 4.78 is 5.54. The van der Waals surface area contributed by atoms with Crippen LogP contribution in [0.15, 0.2) is 24.3 Å². The van der Waals surface area contributed by atoms with Crippen LogP contribution in [0.25, 0.3) is 0 Å². The Labute approximate surface area is 119 Å². The van der Waals surface area contributed by atoms with E-state index in [-0.39, 0.29) is 11.8 Å². The lowest BCUT2D eigenvalue weighted by Gasteiger charge is -2.19. The summed E-state index contributed by atoms with van der Waals surface area (Å²) in [5, 5.41) is 0.577. The van der Waals surface area contributed by atoms with Gasteiger partial charge in [0.25, 0.3) is 0 Å². The normalized spacial score (nSPS) is 12.0. The number of likely N-dealkylation sites (N-methyl/N-ethyl adjacent to an activating group) is 1. The van der Waals surface area contributed by atoms with E-state index in [0.717, 1.165) is 0 Å². The topological polar surface area (TPSA) is 55.6 Å². The van der Waals surface area contributed by atoms with Crippen LogP contribution in [0.5, 0.6) is 5.75 Å². The van der Waals surface area contributed by atoms with E-state index < -0.39 is 0 Å². The molecule has 106 valence electrons. The highest BCUT2D eigenvalue weighted by Gasteiger charge is 2.12. The predicted molar refractivity (Wildman–Crippen MR) is 77.4 cm³/mol. The van der Waals surface area contributed by atoms with Crippen molar-refractivity contribution in [3.8, 4) is 5.75 Å². The van der Waals surface area contributed by atoms with Crippen molar-refractivity contribution in [3.05, 3.63) is 29.3 Å². The molecule has 1 atom stereocenters. The Morgan fingerprint density at radius 3 is 2.79 bits per heavy atom. The number of amides is 1. The SMILES string of the molecule is CC(CN)CC(=O)N(C)CCOc1ccccc1Cl. The van der Waals surface area contributed by atoms with E-state index in [2.05, 4.69) is 0 Å². The minimum Gasteiger partial charge on any atom is -0.490 e. The first-order chi connectivity index (χ1) is 9.04. The first-order valence-electron chi connectivity index (χ1n) is 6.36. The molecule has 2 N–H and O–H groups in total. The molecule has 0 heterocycles. The van der Waals surface area contributed by atoms with Crippen LogP contribution in [-0.4, -0.2) is 37.6 Å². The second-order valence-electron chi connectivity index (χ2n) is 4.64. The maximum Gasteiger partial charge on any atom is 0.222 e. The van der Waals surface area contributed by atoms with Crippen LogP contribution in [0.1, 0.15) is 13.3 Å². The molecule has 1 unspecified atom stereocenters. The molecule has 0 saturated heterocycles. The van der Waals surface area contributed by atoms with Gasteiger partial charge in [0, 0.05) is 13.5 Å². The molecule has 1 aromatic rings. The van der Waals surface area contributed by atoms with Crippen LogP contribution in [0.2, 0.25) is 5.02 Å². The number of benzene rings is 1. The molecule has 0 aliphatic heterocycles. The fourth-order valence-corrected chi connectivity index (χ4v) is 1.71. The molecular formula is C14H21ClN2O2. The van der Waals surface area contributed by atoms with E-state index in [0.29, 0.717) is 36.9 Å². The lowest BCUT2D eigenvalue weighted by molar-refractivity contribution is -0.131. The molecule has 1 rings (SSSR count). The molecule has 1 aromatic carbocycles. The first kappa shape index (κ1) is 15.8. The van der Waals surface area contributed by atoms with Gasteiger partial charge in [-0.05, 0) is 24.6 Å². The molecule has 0 bridgehead atoms. The van der Waals surface area contributed by atoms with Gasteiger partial charge in [-0.1, -0.05) is 30.7 Å². The number of carbonyl (C=O) groups excluding carboxylic acids is 1. The molecule has 0 aliphatic carbocycles. The number of hydrogen-bond acceptors (Lipinski definition) is 3. The third-order valence-electron chi connectivity index (χ3n) is 2.87. The average molecular weight is 285 g/mol. The van der Waals surface area contributed by atoms with Crippen LogP contribution in [0, 0.1) is 5.92 Å². The zero-order valence-corrected chi connectivity index (χ0v) is 12.2. The van der Waals surface area contributed by atoms with Gasteiger partial charge in [0.15, 0.2) is 0 Å². The zero-order valence-electron chi connectivity index (χ0n) is 11.4. The Morgan fingerprint density at radius 2 is 2.16 bits per heavy atom. The molecule has 0 fully saturated rings. The minimum atomic E-state index is 0.0840. The lowest BCUT2D eigenvalue weighted by atomic mass is 10.1. The van der Waals surface area contributed by atoms with Crippen molar-refractivity contribution in [3.63, 3.8) is 0 Å². The number of para-hydroxylation sites is 1. The second-order valence-corrected chi connectivity index (χ2v) is 5.05. The van der Waals surface area contributed by atoms with Crippen molar-refractivity contribution >= 4 is 17.5 Å². The van der Waals surface area contributed by atoms with E-state index in [4.69, 9.17) is 22.1 Å². The summed E-state index contributed by atoms with van der Waals surface area (Å²) in [7, 11) is 1.77. The molecule has 4 nitrogen and oxygen atoms in total. The van der Waals surface area contributed by atoms with Crippen molar-refractivity contribution in [1.29, 1.82) is 0 Å². The molecule has 5 heteroatoms. The first-order valence-corrected chi connectivity index (χ1v) is 6.73. The summed E-state index contributed by atoms with van der Waals surface area (Å²) in [6.45, 7) is 3.44. The molecule has 19 heavy (non-hydrogen) atoms. The largest absolute Gasteiger partial charge is 0.490 e. The van der Waals surface area contributed by atoms with E-state index in [1.807, 2.05) is 19.1 Å². The van der Waals surface area contributed by atoms with Crippen LogP contribution in [0.4, 0.5) is 0 Å². The molecule has 0 radical (unpaired) electrons. The maximum atomic E-state index is 11.8. The van der Waals surface area contributed by atoms with Crippen molar-refractivity contribution in [1.82, 2.24) is 4.90 Å². The van der Waals surface area contributed by atoms with Crippen molar-refractivity contribution in [2.45, 2.75) is 13.3 Å². The maximum absolute atomic E-state index is 11.8. The van der Waals surface area contributed by atoms with Gasteiger partial charge in [-0.15, -0.1) is 0 Å². The van der Waals surface area contributed by atoms with E-state index in [1.165, 1.54) is 0 Å². The molecular weight excluding hydrogens is 264 g/mol. The summed E-state index contributed by atoms with van der Waals surface area (Å²) in [4.78, 5) is 13.5. The van der Waals surface area contributed by atoms with Crippen LogP contribution >= 0.6 is 11.6 Å². The third-order valence-corrected chi connectivity index (χ3v) is 3.18. The summed E-state index contributed by atoms with van der Waals surface area (Å²) in [6.07, 6.45) is 0.471. The Bertz CT molecular complexity index is 412. The van der Waals surface area contributed by atoms with E-state index in [9.17, 15) is 4.79 Å². The number of rotatable bonds is 7. The van der Waals surface area contributed by atoms with Gasteiger partial charge in [0.2, 0.25) is 5.91 Å². The number of halogens is 1. The van der Waals surface area contributed by atoms with Crippen molar-refractivity contribution in [2.75, 3.05) is 26.7 Å². The highest BCUT2D eigenvalue weighted by atomic mass is 35.5. The Morgan fingerprint density at radius 1 is 1.47 bits per heavy atom. The zero-order chi connectivity index (χ0) is 14.3. The van der Waals surface area contributed by atoms with Crippen LogP contribution in [-0.2, 0) is 4.79 Å². The van der Waals surface area contributed by atoms with Gasteiger partial charge in [0.1, 0.15) is 12.4 Å². The van der Waals surface area contributed by atoms with E-state index >= 15 is 0 Å². The van der Waals surface area contributed by atoms with Gasteiger partial charge in [-0.3, -0.25) is 4.79 Å². The lowest BCUT2D eigenvalue weighted by Crippen LogP contribution is -2.32. The van der Waals surface area contributed by atoms with Gasteiger partial charge in [0.05, 0.1) is 11.6 Å². The Kier molecular flexibility index (Phi) is 6.67. The minimum absolute atomic E-state index is 0.0840. The molecule has 0 aromatic heterocycles. The number of nitrogens with two attached hydrogens (primary N) is 1. The molecule has 0 aliphatic rings. The number of ether oxygens (including phenoxy) is 1. The highest BCUT2D eigenvalue weighted by molar-refractivity contribution is 6.32. The monoisotopic (exact) mass is 284 g/mol. The predicted octanol–water partition coefficient (Wildman–Crippen LogP) is 2.16. The third kappa shape index (κ3) is 5.49. The van der Waals surface area contributed by atoms with Gasteiger partial charge < -0.3 is 15.4 Å². The highest BCUT2D eigenvalue weighted by Crippen LogP contribution is 2.22. The molecule has 0 spiro atoms. The van der Waals surface area contributed by atoms with E-state index in [1.54, 1.807) is 24.1 Å². The van der Waals surface area contributed by atoms with Crippen molar-refractivity contribution < 1.29 is 9.53 Å². The number of hydrogen-bond donors (Lipinski definition) is 1. The number of carbonyl (C=O) groups is 1. The second kappa shape index (κ2) is 8.02. The van der Waals surface area contributed by atoms with Gasteiger partial charge in [-0.2, -0.15) is 0 Å². The quantitative estimate of drug-likeness (QED) is 0.835. The summed E-state index contributed by atoms with van der Waals surface area (Å²) in [5.41, 5.74) is 5.50. The van der Waals surface area contributed by atoms with Crippen LogP contribution in [0.3, 0.4) is 0 Å². The molecule has 0 saturated carbocycles. The van der Waals surface area contributed by atoms with Crippen molar-refractivity contribution in [2.24, 2.45) is 11.7 Å².